The molecule has 2 aromatic carbocycles. The highest BCUT2D eigenvalue weighted by Crippen LogP contribution is 2.52. The van der Waals surface area contributed by atoms with Gasteiger partial charge in [-0.25, -0.2) is 14.4 Å². The molecule has 3 unspecified atom stereocenters. The van der Waals surface area contributed by atoms with Crippen LogP contribution in [0.4, 0.5) is 4.79 Å². The molecule has 5 aliphatic rings. The van der Waals surface area contributed by atoms with E-state index in [1.165, 1.54) is 12.8 Å². The number of carboxylic acids is 2. The Morgan fingerprint density at radius 2 is 1.27 bits per heavy atom. The molecule has 2 bridgehead atoms. The molecule has 4 fully saturated rings. The number of aryl methyl sites for hydroxylation is 1. The van der Waals surface area contributed by atoms with Crippen molar-refractivity contribution in [1.82, 2.24) is 29.4 Å². The Bertz CT molecular complexity index is 2090. The maximum absolute atomic E-state index is 14.4. The molecule has 0 aromatic heterocycles. The summed E-state index contributed by atoms with van der Waals surface area (Å²) in [4.78, 5) is 66.9. The molecule has 2 aromatic rings. The molecule has 2 amide bonds. The number of piperazine rings is 2. The predicted molar refractivity (Wildman–Crippen MR) is 239 cm³/mol. The number of ether oxygens (including phenoxy) is 1. The van der Waals surface area contributed by atoms with Gasteiger partial charge in [0.15, 0.2) is 0 Å². The number of fused-ring (bicyclic) bond motifs is 2. The number of halogens is 2. The number of benzene rings is 2. The minimum Gasteiger partial charge on any atom is -0.478 e. The number of aliphatic carboxylic acids is 2. The van der Waals surface area contributed by atoms with Crippen molar-refractivity contribution in [3.8, 4) is 0 Å². The van der Waals surface area contributed by atoms with Gasteiger partial charge in [0.05, 0.1) is 23.0 Å². The topological polar surface area (TPSA) is 137 Å². The number of hydrogen-bond donors (Lipinski definition) is 2. The van der Waals surface area contributed by atoms with Crippen molar-refractivity contribution >= 4 is 47.1 Å². The number of piperidine rings is 1. The zero-order chi connectivity index (χ0) is 44.7. The fraction of sp³-hybridized carbons (Fsp3) is 0.574. The molecule has 13 nitrogen and oxygen atoms in total. The standard InChI is InChI=1S/C47H62Cl2N6O7/c1-46(2,3)62-45(61)55-20-18-52(19-21-55)29-31-11-8-7-10-30(31)14-17-37-41(43(57)58)47(4,40-35(48)12-9-13-36(40)49)42(44(59)60)38(51(37)6)28-39(56)54-24-22-53(23-25-54)34-26-32-15-16-33(27-34)50(32)5/h7-13,32-34H,14-29H2,1-6H3,(H,57,58)(H,59,60). The molecule has 2 N–H and O–H groups in total. The van der Waals surface area contributed by atoms with E-state index in [0.29, 0.717) is 76.1 Å². The second-order valence-corrected chi connectivity index (χ2v) is 19.6. The second kappa shape index (κ2) is 18.5. The Morgan fingerprint density at radius 1 is 0.726 bits per heavy atom. The van der Waals surface area contributed by atoms with Crippen LogP contribution in [0.25, 0.3) is 0 Å². The van der Waals surface area contributed by atoms with E-state index in [1.807, 2.05) is 43.9 Å². The summed E-state index contributed by atoms with van der Waals surface area (Å²) in [6, 6.07) is 14.5. The van der Waals surface area contributed by atoms with Crippen LogP contribution in [-0.2, 0) is 37.5 Å². The van der Waals surface area contributed by atoms with Crippen LogP contribution in [0.2, 0.25) is 10.0 Å². The summed E-state index contributed by atoms with van der Waals surface area (Å²) < 4.78 is 5.59. The fourth-order valence-electron chi connectivity index (χ4n) is 10.7. The predicted octanol–water partition coefficient (Wildman–Crippen LogP) is 6.72. The van der Waals surface area contributed by atoms with Gasteiger partial charge in [0, 0.05) is 111 Å². The van der Waals surface area contributed by atoms with Gasteiger partial charge < -0.3 is 34.5 Å². The van der Waals surface area contributed by atoms with Gasteiger partial charge in [-0.3, -0.25) is 14.6 Å². The lowest BCUT2D eigenvalue weighted by atomic mass is 9.66. The molecular formula is C47H62Cl2N6O7. The minimum atomic E-state index is -1.83. The van der Waals surface area contributed by atoms with Crippen molar-refractivity contribution in [1.29, 1.82) is 0 Å². The number of carbonyl (C=O) groups is 4. The van der Waals surface area contributed by atoms with E-state index in [1.54, 1.807) is 42.0 Å². The molecule has 3 atom stereocenters. The first-order valence-corrected chi connectivity index (χ1v) is 22.8. The van der Waals surface area contributed by atoms with Crippen LogP contribution in [-0.4, -0.2) is 154 Å². The van der Waals surface area contributed by atoms with E-state index in [-0.39, 0.29) is 57.3 Å². The number of hydrogen-bond acceptors (Lipinski definition) is 9. The Kier molecular flexibility index (Phi) is 13.7. The van der Waals surface area contributed by atoms with Crippen LogP contribution in [0, 0.1) is 0 Å². The molecule has 336 valence electrons. The molecule has 0 radical (unpaired) electrons. The highest BCUT2D eigenvalue weighted by molar-refractivity contribution is 6.36. The Balaban J connectivity index is 1.15. The molecule has 4 saturated heterocycles. The fourth-order valence-corrected chi connectivity index (χ4v) is 11.5. The highest BCUT2D eigenvalue weighted by atomic mass is 35.5. The van der Waals surface area contributed by atoms with Crippen molar-refractivity contribution in [2.24, 2.45) is 0 Å². The Morgan fingerprint density at radius 3 is 1.84 bits per heavy atom. The van der Waals surface area contributed by atoms with Gasteiger partial charge in [-0.1, -0.05) is 53.5 Å². The van der Waals surface area contributed by atoms with Crippen LogP contribution in [0.15, 0.2) is 65.0 Å². The van der Waals surface area contributed by atoms with E-state index in [4.69, 9.17) is 27.9 Å². The Labute approximate surface area is 375 Å². The van der Waals surface area contributed by atoms with E-state index >= 15 is 0 Å². The van der Waals surface area contributed by atoms with Gasteiger partial charge in [-0.05, 0) is 96.5 Å². The van der Waals surface area contributed by atoms with E-state index < -0.39 is 23.0 Å². The SMILES string of the molecule is CN1C(CCc2ccccc2CN2CCN(C(=O)OC(C)(C)C)CC2)=C(C(=O)O)C(C)(c2c(Cl)cccc2Cl)C(C(=O)O)=C1CC(=O)N1CCN(C2CC3CCC(C2)N3C)CC1. The smallest absolute Gasteiger partial charge is 0.410 e. The average molecular weight is 894 g/mol. The average Bonchev–Trinajstić information content (AvgIpc) is 3.39. The van der Waals surface area contributed by atoms with Gasteiger partial charge in [0.2, 0.25) is 5.91 Å². The number of amides is 2. The van der Waals surface area contributed by atoms with Crippen molar-refractivity contribution in [3.63, 3.8) is 0 Å². The highest BCUT2D eigenvalue weighted by Gasteiger charge is 2.52. The van der Waals surface area contributed by atoms with Gasteiger partial charge in [0.1, 0.15) is 5.60 Å². The summed E-state index contributed by atoms with van der Waals surface area (Å²) in [6.07, 6.45) is 4.86. The first kappa shape index (κ1) is 45.9. The summed E-state index contributed by atoms with van der Waals surface area (Å²) in [5.74, 6) is -2.87. The number of carboxylic acid groups (broad SMARTS) is 2. The molecule has 0 aliphatic carbocycles. The molecule has 5 heterocycles. The quantitative estimate of drug-likeness (QED) is 0.249. The van der Waals surface area contributed by atoms with Gasteiger partial charge in [0.25, 0.3) is 0 Å². The van der Waals surface area contributed by atoms with Crippen molar-refractivity contribution < 1.29 is 34.1 Å². The minimum absolute atomic E-state index is 0.127. The maximum Gasteiger partial charge on any atom is 0.410 e. The maximum atomic E-state index is 14.4. The molecular weight excluding hydrogens is 831 g/mol. The lowest BCUT2D eigenvalue weighted by Gasteiger charge is -2.46. The zero-order valence-electron chi connectivity index (χ0n) is 37.0. The summed E-state index contributed by atoms with van der Waals surface area (Å²) in [5.41, 5.74) is 0.0371. The normalized spacial score (nSPS) is 25.4. The second-order valence-electron chi connectivity index (χ2n) is 18.8. The van der Waals surface area contributed by atoms with Crippen molar-refractivity contribution in [2.45, 2.75) is 108 Å². The molecule has 5 aliphatic heterocycles. The van der Waals surface area contributed by atoms with E-state index in [9.17, 15) is 29.4 Å². The largest absolute Gasteiger partial charge is 0.478 e. The molecule has 62 heavy (non-hydrogen) atoms. The molecule has 15 heteroatoms. The number of carbonyl (C=O) groups excluding carboxylic acids is 2. The van der Waals surface area contributed by atoms with Gasteiger partial charge in [-0.15, -0.1) is 0 Å². The summed E-state index contributed by atoms with van der Waals surface area (Å²) >= 11 is 13.7. The molecule has 0 saturated carbocycles. The van der Waals surface area contributed by atoms with Crippen LogP contribution >= 0.6 is 23.2 Å². The third kappa shape index (κ3) is 9.38. The first-order valence-electron chi connectivity index (χ1n) is 22.0. The van der Waals surface area contributed by atoms with E-state index in [0.717, 1.165) is 37.1 Å². The van der Waals surface area contributed by atoms with Crippen molar-refractivity contribution in [2.75, 3.05) is 66.5 Å². The van der Waals surface area contributed by atoms with Crippen LogP contribution in [0.3, 0.4) is 0 Å². The lowest BCUT2D eigenvalue weighted by Crippen LogP contribution is -2.56. The summed E-state index contributed by atoms with van der Waals surface area (Å²) in [7, 11) is 3.90. The van der Waals surface area contributed by atoms with E-state index in [2.05, 4.69) is 27.8 Å². The van der Waals surface area contributed by atoms with Crippen LogP contribution < -0.4 is 0 Å². The molecule has 7 rings (SSSR count). The first-order chi connectivity index (χ1) is 29.4. The van der Waals surface area contributed by atoms with Gasteiger partial charge >= 0.3 is 18.0 Å². The third-order valence-corrected chi connectivity index (χ3v) is 14.7. The number of rotatable bonds is 11. The summed E-state index contributed by atoms with van der Waals surface area (Å²) in [6.45, 7) is 12.7. The van der Waals surface area contributed by atoms with Crippen LogP contribution in [0.5, 0.6) is 0 Å². The monoisotopic (exact) mass is 892 g/mol. The lowest BCUT2D eigenvalue weighted by molar-refractivity contribution is -0.134. The zero-order valence-corrected chi connectivity index (χ0v) is 38.5. The van der Waals surface area contributed by atoms with Gasteiger partial charge in [-0.2, -0.15) is 0 Å². The van der Waals surface area contributed by atoms with Crippen LogP contribution in [0.1, 0.15) is 82.9 Å². The third-order valence-electron chi connectivity index (χ3n) is 14.0. The summed E-state index contributed by atoms with van der Waals surface area (Å²) in [5, 5.41) is 22.5. The van der Waals surface area contributed by atoms with Crippen molar-refractivity contribution in [3.05, 3.63) is 91.7 Å². The molecule has 0 spiro atoms. The Hall–Kier alpha value is -4.14. The number of allylic oxidation sites excluding steroid dienone is 1. The number of nitrogens with zero attached hydrogens (tertiary/aromatic N) is 6.